The van der Waals surface area contributed by atoms with E-state index in [2.05, 4.69) is 5.32 Å². The highest BCUT2D eigenvalue weighted by Crippen LogP contribution is 2.17. The summed E-state index contributed by atoms with van der Waals surface area (Å²) in [4.78, 5) is 11.9. The summed E-state index contributed by atoms with van der Waals surface area (Å²) in [6.07, 6.45) is 0. The quantitative estimate of drug-likeness (QED) is 0.857. The molecule has 0 heterocycles. The van der Waals surface area contributed by atoms with Crippen molar-refractivity contribution < 1.29 is 13.9 Å². The third-order valence-electron chi connectivity index (χ3n) is 2.84. The van der Waals surface area contributed by atoms with Crippen LogP contribution in [0.4, 0.5) is 4.39 Å². The second kappa shape index (κ2) is 7.09. The third kappa shape index (κ3) is 4.46. The van der Waals surface area contributed by atoms with Gasteiger partial charge < -0.3 is 10.1 Å². The van der Waals surface area contributed by atoms with Gasteiger partial charge in [0.15, 0.2) is 0 Å². The van der Waals surface area contributed by atoms with Gasteiger partial charge in [0.2, 0.25) is 0 Å². The van der Waals surface area contributed by atoms with E-state index >= 15 is 0 Å². The van der Waals surface area contributed by atoms with Crippen LogP contribution in [-0.4, -0.2) is 19.1 Å². The fraction of sp³-hybridized carbons (Fsp3) is 0.188. The Balaban J connectivity index is 1.80. The van der Waals surface area contributed by atoms with Crippen molar-refractivity contribution in [3.63, 3.8) is 0 Å². The van der Waals surface area contributed by atoms with Crippen LogP contribution in [0.15, 0.2) is 42.5 Å². The first-order chi connectivity index (χ1) is 10.1. The van der Waals surface area contributed by atoms with Gasteiger partial charge in [0, 0.05) is 0 Å². The molecule has 110 valence electrons. The van der Waals surface area contributed by atoms with Crippen LogP contribution >= 0.6 is 11.6 Å². The minimum Gasteiger partial charge on any atom is -0.492 e. The third-order valence-corrected chi connectivity index (χ3v) is 3.15. The maximum absolute atomic E-state index is 12.7. The lowest BCUT2D eigenvalue weighted by Gasteiger charge is -2.09. The van der Waals surface area contributed by atoms with Crippen LogP contribution in [0.25, 0.3) is 0 Å². The molecule has 0 saturated heterocycles. The Morgan fingerprint density at radius 1 is 1.24 bits per heavy atom. The topological polar surface area (TPSA) is 38.3 Å². The molecule has 21 heavy (non-hydrogen) atoms. The summed E-state index contributed by atoms with van der Waals surface area (Å²) in [5.74, 6) is -0.00797. The first-order valence-corrected chi connectivity index (χ1v) is 6.87. The molecular weight excluding hydrogens is 293 g/mol. The average Bonchev–Trinajstić information content (AvgIpc) is 2.45. The molecule has 0 spiro atoms. The standard InChI is InChI=1S/C16H15ClFNO2/c1-11-2-7-14(15(17)10-11)16(20)19-8-9-21-13-5-3-12(18)4-6-13/h2-7,10H,8-9H2,1H3,(H,19,20). The number of carbonyl (C=O) groups is 1. The zero-order chi connectivity index (χ0) is 15.2. The van der Waals surface area contributed by atoms with Gasteiger partial charge >= 0.3 is 0 Å². The number of benzene rings is 2. The first-order valence-electron chi connectivity index (χ1n) is 6.49. The summed E-state index contributed by atoms with van der Waals surface area (Å²) in [6.45, 7) is 2.53. The van der Waals surface area contributed by atoms with Crippen molar-refractivity contribution in [2.45, 2.75) is 6.92 Å². The van der Waals surface area contributed by atoms with Crippen LogP contribution in [0.2, 0.25) is 5.02 Å². The Labute approximate surface area is 127 Å². The summed E-state index contributed by atoms with van der Waals surface area (Å²) < 4.78 is 18.1. The molecule has 0 saturated carbocycles. The molecule has 3 nitrogen and oxygen atoms in total. The van der Waals surface area contributed by atoms with Crippen molar-refractivity contribution in [3.05, 3.63) is 64.4 Å². The number of halogens is 2. The lowest BCUT2D eigenvalue weighted by molar-refractivity contribution is 0.0947. The van der Waals surface area contributed by atoms with E-state index in [1.807, 2.05) is 13.0 Å². The molecule has 0 radical (unpaired) electrons. The molecule has 1 amide bonds. The van der Waals surface area contributed by atoms with E-state index in [-0.39, 0.29) is 11.7 Å². The zero-order valence-corrected chi connectivity index (χ0v) is 12.3. The number of aryl methyl sites for hydroxylation is 1. The second-order valence-electron chi connectivity index (χ2n) is 4.54. The highest BCUT2D eigenvalue weighted by atomic mass is 35.5. The predicted molar refractivity (Wildman–Crippen MR) is 80.4 cm³/mol. The van der Waals surface area contributed by atoms with E-state index < -0.39 is 0 Å². The number of ether oxygens (including phenoxy) is 1. The smallest absolute Gasteiger partial charge is 0.252 e. The van der Waals surface area contributed by atoms with Gasteiger partial charge in [-0.05, 0) is 48.9 Å². The molecule has 0 unspecified atom stereocenters. The summed E-state index contributed by atoms with van der Waals surface area (Å²) in [5.41, 5.74) is 1.43. The Hall–Kier alpha value is -2.07. The monoisotopic (exact) mass is 307 g/mol. The molecule has 0 fully saturated rings. The van der Waals surface area contributed by atoms with Gasteiger partial charge in [0.25, 0.3) is 5.91 Å². The number of nitrogens with one attached hydrogen (secondary N) is 1. The van der Waals surface area contributed by atoms with Crippen LogP contribution in [0.3, 0.4) is 0 Å². The van der Waals surface area contributed by atoms with E-state index in [9.17, 15) is 9.18 Å². The molecule has 2 aromatic rings. The summed E-state index contributed by atoms with van der Waals surface area (Å²) in [6, 6.07) is 11.0. The van der Waals surface area contributed by atoms with E-state index in [4.69, 9.17) is 16.3 Å². The molecule has 0 aliphatic carbocycles. The van der Waals surface area contributed by atoms with Crippen molar-refractivity contribution in [2.24, 2.45) is 0 Å². The van der Waals surface area contributed by atoms with Gasteiger partial charge in [-0.3, -0.25) is 4.79 Å². The number of amides is 1. The Morgan fingerprint density at radius 3 is 2.62 bits per heavy atom. The molecule has 5 heteroatoms. The van der Waals surface area contributed by atoms with Gasteiger partial charge in [-0.15, -0.1) is 0 Å². The summed E-state index contributed by atoms with van der Waals surface area (Å²) in [7, 11) is 0. The van der Waals surface area contributed by atoms with Crippen LogP contribution in [0, 0.1) is 12.7 Å². The van der Waals surface area contributed by atoms with Crippen molar-refractivity contribution in [1.29, 1.82) is 0 Å². The highest BCUT2D eigenvalue weighted by Gasteiger charge is 2.09. The second-order valence-corrected chi connectivity index (χ2v) is 4.95. The molecule has 2 rings (SSSR count). The summed E-state index contributed by atoms with van der Waals surface area (Å²) >= 11 is 6.02. The van der Waals surface area contributed by atoms with Crippen molar-refractivity contribution in [3.8, 4) is 5.75 Å². The van der Waals surface area contributed by atoms with E-state index in [0.717, 1.165) is 5.56 Å². The molecule has 0 aliphatic rings. The van der Waals surface area contributed by atoms with Gasteiger partial charge in [-0.25, -0.2) is 4.39 Å². The van der Waals surface area contributed by atoms with Crippen molar-refractivity contribution >= 4 is 17.5 Å². The van der Waals surface area contributed by atoms with Crippen molar-refractivity contribution in [2.75, 3.05) is 13.2 Å². The first kappa shape index (κ1) is 15.3. The molecular formula is C16H15ClFNO2. The number of rotatable bonds is 5. The average molecular weight is 308 g/mol. The molecule has 0 aliphatic heterocycles. The number of hydrogen-bond donors (Lipinski definition) is 1. The van der Waals surface area contributed by atoms with E-state index in [1.54, 1.807) is 12.1 Å². The van der Waals surface area contributed by atoms with Gasteiger partial charge in [0.1, 0.15) is 18.2 Å². The molecule has 0 aromatic heterocycles. The van der Waals surface area contributed by atoms with Crippen molar-refractivity contribution in [1.82, 2.24) is 5.32 Å². The highest BCUT2D eigenvalue weighted by molar-refractivity contribution is 6.33. The van der Waals surface area contributed by atoms with Crippen LogP contribution in [0.1, 0.15) is 15.9 Å². The van der Waals surface area contributed by atoms with Gasteiger partial charge in [-0.2, -0.15) is 0 Å². The van der Waals surface area contributed by atoms with Crippen LogP contribution < -0.4 is 10.1 Å². The fourth-order valence-corrected chi connectivity index (χ4v) is 2.08. The Bertz CT molecular complexity index is 629. The van der Waals surface area contributed by atoms with E-state index in [0.29, 0.717) is 29.5 Å². The molecule has 2 aromatic carbocycles. The Morgan fingerprint density at radius 2 is 1.95 bits per heavy atom. The minimum atomic E-state index is -0.315. The maximum Gasteiger partial charge on any atom is 0.252 e. The minimum absolute atomic E-state index is 0.247. The molecule has 1 N–H and O–H groups in total. The number of carbonyl (C=O) groups excluding carboxylic acids is 1. The lowest BCUT2D eigenvalue weighted by Crippen LogP contribution is -2.28. The van der Waals surface area contributed by atoms with Gasteiger partial charge in [0.05, 0.1) is 17.1 Å². The van der Waals surface area contributed by atoms with E-state index in [1.165, 1.54) is 24.3 Å². The van der Waals surface area contributed by atoms with Crippen LogP contribution in [0.5, 0.6) is 5.75 Å². The van der Waals surface area contributed by atoms with Gasteiger partial charge in [-0.1, -0.05) is 17.7 Å². The predicted octanol–water partition coefficient (Wildman–Crippen LogP) is 3.60. The molecule has 0 bridgehead atoms. The van der Waals surface area contributed by atoms with Crippen LogP contribution in [-0.2, 0) is 0 Å². The largest absolute Gasteiger partial charge is 0.492 e. The fourth-order valence-electron chi connectivity index (χ4n) is 1.76. The lowest BCUT2D eigenvalue weighted by atomic mass is 10.1. The SMILES string of the molecule is Cc1ccc(C(=O)NCCOc2ccc(F)cc2)c(Cl)c1. The zero-order valence-electron chi connectivity index (χ0n) is 11.5. The molecule has 0 atom stereocenters. The Kier molecular flexibility index (Phi) is 5.17. The normalized spacial score (nSPS) is 10.2. The summed E-state index contributed by atoms with van der Waals surface area (Å²) in [5, 5.41) is 3.14. The number of hydrogen-bond acceptors (Lipinski definition) is 2. The maximum atomic E-state index is 12.7.